The lowest BCUT2D eigenvalue weighted by atomic mass is 10.3. The minimum absolute atomic E-state index is 0.730. The van der Waals surface area contributed by atoms with Crippen LogP contribution in [0.5, 0.6) is 0 Å². The van der Waals surface area contributed by atoms with Crippen molar-refractivity contribution in [2.75, 3.05) is 25.0 Å². The summed E-state index contributed by atoms with van der Waals surface area (Å²) in [6.07, 6.45) is 4.67. The molecule has 0 aromatic rings. The van der Waals surface area contributed by atoms with E-state index >= 15 is 0 Å². The summed E-state index contributed by atoms with van der Waals surface area (Å²) in [7, 11) is -1.77. The van der Waals surface area contributed by atoms with E-state index in [0.717, 1.165) is 37.9 Å². The van der Waals surface area contributed by atoms with Crippen LogP contribution in [-0.2, 0) is 4.57 Å². The second kappa shape index (κ2) is 5.79. The molecule has 0 aliphatic rings. The summed E-state index contributed by atoms with van der Waals surface area (Å²) in [5, 5.41) is 0. The van der Waals surface area contributed by atoms with Gasteiger partial charge in [0, 0.05) is 6.16 Å². The van der Waals surface area contributed by atoms with Gasteiger partial charge >= 0.3 is 0 Å². The van der Waals surface area contributed by atoms with Gasteiger partial charge in [0.05, 0.1) is 7.14 Å². The summed E-state index contributed by atoms with van der Waals surface area (Å²) in [5.74, 6) is 0. The van der Waals surface area contributed by atoms with Crippen molar-refractivity contribution in [1.29, 1.82) is 0 Å². The maximum Gasteiger partial charge on any atom is 0.0872 e. The van der Waals surface area contributed by atoms with Crippen LogP contribution in [0.1, 0.15) is 26.7 Å². The Balaban J connectivity index is 3.61. The van der Waals surface area contributed by atoms with Crippen molar-refractivity contribution in [3.63, 3.8) is 0 Å². The zero-order valence-corrected chi connectivity index (χ0v) is 8.57. The van der Waals surface area contributed by atoms with Crippen LogP contribution in [0.15, 0.2) is 0 Å². The zero-order chi connectivity index (χ0) is 8.74. The van der Waals surface area contributed by atoms with E-state index in [1.165, 1.54) is 0 Å². The first kappa shape index (κ1) is 11.2. The van der Waals surface area contributed by atoms with E-state index < -0.39 is 7.14 Å². The van der Waals surface area contributed by atoms with Crippen LogP contribution >= 0.6 is 7.14 Å². The Morgan fingerprint density at radius 2 is 1.73 bits per heavy atom. The van der Waals surface area contributed by atoms with Gasteiger partial charge in [0.2, 0.25) is 0 Å². The molecule has 0 aromatic heterocycles. The SMILES string of the molecule is CCP(=O)(CC)CCCCN. The Bertz CT molecular complexity index is 128. The number of rotatable bonds is 6. The standard InChI is InChI=1S/C8H20NOP/c1-3-11(10,4-2)8-6-5-7-9/h3-9H2,1-2H3. The van der Waals surface area contributed by atoms with Crippen molar-refractivity contribution in [2.24, 2.45) is 5.73 Å². The first-order chi connectivity index (χ1) is 5.18. The zero-order valence-electron chi connectivity index (χ0n) is 7.68. The third kappa shape index (κ3) is 4.60. The monoisotopic (exact) mass is 177 g/mol. The molecule has 0 heterocycles. The van der Waals surface area contributed by atoms with Crippen molar-refractivity contribution in [2.45, 2.75) is 26.7 Å². The molecule has 2 N–H and O–H groups in total. The van der Waals surface area contributed by atoms with Crippen LogP contribution in [0, 0.1) is 0 Å². The highest BCUT2D eigenvalue weighted by Gasteiger charge is 2.15. The molecular weight excluding hydrogens is 157 g/mol. The lowest BCUT2D eigenvalue weighted by Gasteiger charge is -2.12. The molecule has 0 bridgehead atoms. The van der Waals surface area contributed by atoms with Crippen molar-refractivity contribution in [3.8, 4) is 0 Å². The highest BCUT2D eigenvalue weighted by Crippen LogP contribution is 2.45. The van der Waals surface area contributed by atoms with Gasteiger partial charge in [-0.25, -0.2) is 0 Å². The van der Waals surface area contributed by atoms with Gasteiger partial charge < -0.3 is 10.3 Å². The Labute approximate surface area is 69.9 Å². The Morgan fingerprint density at radius 1 is 1.18 bits per heavy atom. The lowest BCUT2D eigenvalue weighted by molar-refractivity contribution is 0.573. The van der Waals surface area contributed by atoms with Gasteiger partial charge in [-0.05, 0) is 31.7 Å². The molecule has 2 nitrogen and oxygen atoms in total. The fraction of sp³-hybridized carbons (Fsp3) is 1.00. The van der Waals surface area contributed by atoms with E-state index in [9.17, 15) is 4.57 Å². The molecule has 0 fully saturated rings. The minimum Gasteiger partial charge on any atom is -0.330 e. The van der Waals surface area contributed by atoms with Crippen LogP contribution in [0.25, 0.3) is 0 Å². The Kier molecular flexibility index (Phi) is 5.89. The molecule has 0 saturated heterocycles. The number of hydrogen-bond donors (Lipinski definition) is 1. The van der Waals surface area contributed by atoms with Gasteiger partial charge in [0.15, 0.2) is 0 Å². The Morgan fingerprint density at radius 3 is 2.09 bits per heavy atom. The molecule has 0 radical (unpaired) electrons. The molecular formula is C8H20NOP. The summed E-state index contributed by atoms with van der Waals surface area (Å²) >= 11 is 0. The predicted octanol–water partition coefficient (Wildman–Crippen LogP) is 2.13. The molecule has 11 heavy (non-hydrogen) atoms. The summed E-state index contributed by atoms with van der Waals surface area (Å²) in [6, 6.07) is 0. The van der Waals surface area contributed by atoms with E-state index in [1.54, 1.807) is 0 Å². The molecule has 3 heteroatoms. The predicted molar refractivity (Wildman–Crippen MR) is 51.8 cm³/mol. The second-order valence-corrected chi connectivity index (χ2v) is 6.74. The van der Waals surface area contributed by atoms with E-state index in [0.29, 0.717) is 0 Å². The summed E-state index contributed by atoms with van der Waals surface area (Å²) < 4.78 is 11.8. The van der Waals surface area contributed by atoms with Crippen LogP contribution in [0.4, 0.5) is 0 Å². The van der Waals surface area contributed by atoms with Crippen molar-refractivity contribution >= 4 is 7.14 Å². The number of unbranched alkanes of at least 4 members (excludes halogenated alkanes) is 1. The normalized spacial score (nSPS) is 11.9. The van der Waals surface area contributed by atoms with Crippen LogP contribution < -0.4 is 5.73 Å². The first-order valence-corrected chi connectivity index (χ1v) is 6.72. The highest BCUT2D eigenvalue weighted by molar-refractivity contribution is 7.63. The molecule has 0 aromatic carbocycles. The first-order valence-electron chi connectivity index (χ1n) is 4.45. The molecule has 0 unspecified atom stereocenters. The topological polar surface area (TPSA) is 43.1 Å². The number of hydrogen-bond acceptors (Lipinski definition) is 2. The van der Waals surface area contributed by atoms with E-state index in [-0.39, 0.29) is 0 Å². The van der Waals surface area contributed by atoms with Gasteiger partial charge in [-0.1, -0.05) is 13.8 Å². The quantitative estimate of drug-likeness (QED) is 0.499. The third-order valence-electron chi connectivity index (χ3n) is 2.17. The summed E-state index contributed by atoms with van der Waals surface area (Å²) in [5.41, 5.74) is 5.35. The van der Waals surface area contributed by atoms with E-state index in [2.05, 4.69) is 0 Å². The van der Waals surface area contributed by atoms with Gasteiger partial charge in [-0.15, -0.1) is 0 Å². The average molecular weight is 177 g/mol. The van der Waals surface area contributed by atoms with Gasteiger partial charge in [0.1, 0.15) is 0 Å². The van der Waals surface area contributed by atoms with E-state index in [1.807, 2.05) is 13.8 Å². The fourth-order valence-electron chi connectivity index (χ4n) is 1.08. The van der Waals surface area contributed by atoms with Crippen LogP contribution in [0.2, 0.25) is 0 Å². The molecule has 0 amide bonds. The molecule has 0 rings (SSSR count). The van der Waals surface area contributed by atoms with Crippen molar-refractivity contribution in [1.82, 2.24) is 0 Å². The second-order valence-electron chi connectivity index (χ2n) is 2.91. The Hall–Kier alpha value is 0.190. The maximum absolute atomic E-state index is 11.8. The molecule has 68 valence electrons. The van der Waals surface area contributed by atoms with E-state index in [4.69, 9.17) is 5.73 Å². The summed E-state index contributed by atoms with van der Waals surface area (Å²) in [6.45, 7) is 4.77. The van der Waals surface area contributed by atoms with Gasteiger partial charge in [-0.3, -0.25) is 0 Å². The van der Waals surface area contributed by atoms with Crippen LogP contribution in [-0.4, -0.2) is 25.0 Å². The van der Waals surface area contributed by atoms with Crippen molar-refractivity contribution < 1.29 is 4.57 Å². The largest absolute Gasteiger partial charge is 0.330 e. The molecule has 0 aliphatic heterocycles. The molecule has 0 aliphatic carbocycles. The lowest BCUT2D eigenvalue weighted by Crippen LogP contribution is -2.01. The van der Waals surface area contributed by atoms with Gasteiger partial charge in [-0.2, -0.15) is 0 Å². The summed E-state index contributed by atoms with van der Waals surface area (Å²) in [4.78, 5) is 0. The van der Waals surface area contributed by atoms with Gasteiger partial charge in [0.25, 0.3) is 0 Å². The fourth-order valence-corrected chi connectivity index (χ4v) is 2.96. The van der Waals surface area contributed by atoms with Crippen molar-refractivity contribution in [3.05, 3.63) is 0 Å². The van der Waals surface area contributed by atoms with Crippen LogP contribution in [0.3, 0.4) is 0 Å². The smallest absolute Gasteiger partial charge is 0.0872 e. The minimum atomic E-state index is -1.77. The molecule has 0 spiro atoms. The molecule has 0 atom stereocenters. The highest BCUT2D eigenvalue weighted by atomic mass is 31.2. The molecule has 0 saturated carbocycles. The maximum atomic E-state index is 11.8. The number of nitrogens with two attached hydrogens (primary N) is 1. The average Bonchev–Trinajstić information content (AvgIpc) is 2.05. The third-order valence-corrected chi connectivity index (χ3v) is 5.61.